The van der Waals surface area contributed by atoms with Gasteiger partial charge in [-0.3, -0.25) is 0 Å². The summed E-state index contributed by atoms with van der Waals surface area (Å²) in [5.41, 5.74) is 4.90. The molecule has 14 heteroatoms. The molecule has 1 aromatic heterocycles. The number of nitrogens with two attached hydrogens (primary N) is 1. The number of hydrogen-bond donors (Lipinski definition) is 3. The van der Waals surface area contributed by atoms with Crippen molar-refractivity contribution in [3.8, 4) is 0 Å². The molecule has 34 heavy (non-hydrogen) atoms. The van der Waals surface area contributed by atoms with Crippen LogP contribution in [0.2, 0.25) is 0 Å². The molecule has 3 atom stereocenters. The van der Waals surface area contributed by atoms with Crippen molar-refractivity contribution in [3.63, 3.8) is 0 Å². The van der Waals surface area contributed by atoms with Gasteiger partial charge in [-0.05, 0) is 31.5 Å². The molecule has 2 aromatic rings. The number of aromatic nitrogens is 2. The molecule has 1 fully saturated rings. The zero-order valence-electron chi connectivity index (χ0n) is 18.5. The number of rotatable bonds is 8. The van der Waals surface area contributed by atoms with E-state index in [0.29, 0.717) is 16.6 Å². The van der Waals surface area contributed by atoms with Gasteiger partial charge in [-0.1, -0.05) is 6.07 Å². The Labute approximate surface area is 190 Å². The van der Waals surface area contributed by atoms with Gasteiger partial charge >= 0.3 is 18.4 Å². The van der Waals surface area contributed by atoms with Gasteiger partial charge in [0.25, 0.3) is 0 Å². The minimum absolute atomic E-state index is 0.0651. The fourth-order valence-electron chi connectivity index (χ4n) is 3.42. The first-order valence-electron chi connectivity index (χ1n) is 10.2. The third-order valence-corrected chi connectivity index (χ3v) is 5.60. The largest absolute Gasteiger partial charge is 0.416 e. The molecular formula is C20H25F6N5O3. The molecule has 1 aromatic carbocycles. The van der Waals surface area contributed by atoms with E-state index in [2.05, 4.69) is 9.97 Å². The van der Waals surface area contributed by atoms with Crippen LogP contribution in [0.1, 0.15) is 37.3 Å². The highest BCUT2D eigenvalue weighted by Gasteiger charge is 2.49. The second kappa shape index (κ2) is 9.23. The molecule has 4 N–H and O–H groups in total. The summed E-state index contributed by atoms with van der Waals surface area (Å²) in [6.07, 6.45) is -9.18. The van der Waals surface area contributed by atoms with E-state index in [1.165, 1.54) is 7.11 Å². The van der Waals surface area contributed by atoms with Crippen molar-refractivity contribution < 1.29 is 40.6 Å². The molecular weight excluding hydrogens is 472 g/mol. The van der Waals surface area contributed by atoms with Gasteiger partial charge in [0.15, 0.2) is 5.60 Å². The summed E-state index contributed by atoms with van der Waals surface area (Å²) in [5, 5.41) is 1.92. The first-order chi connectivity index (χ1) is 15.6. The van der Waals surface area contributed by atoms with E-state index in [-0.39, 0.29) is 12.4 Å². The summed E-state index contributed by atoms with van der Waals surface area (Å²) in [7, 11) is 1.36. The zero-order chi connectivity index (χ0) is 25.5. The van der Waals surface area contributed by atoms with Crippen LogP contribution < -0.4 is 11.1 Å². The van der Waals surface area contributed by atoms with Crippen LogP contribution in [0.5, 0.6) is 0 Å². The first-order valence-corrected chi connectivity index (χ1v) is 10.2. The molecule has 2 amide bonds. The van der Waals surface area contributed by atoms with Crippen LogP contribution in [0, 0.1) is 0 Å². The monoisotopic (exact) mass is 497 g/mol. The average Bonchev–Trinajstić information content (AvgIpc) is 3.32. The Morgan fingerprint density at radius 3 is 2.44 bits per heavy atom. The van der Waals surface area contributed by atoms with E-state index < -0.39 is 55.3 Å². The van der Waals surface area contributed by atoms with E-state index in [1.807, 2.05) is 5.32 Å². The third kappa shape index (κ3) is 5.39. The summed E-state index contributed by atoms with van der Waals surface area (Å²) >= 11 is 0. The molecule has 0 spiro atoms. The number of carbonyl (C=O) groups excluding carboxylic acids is 1. The Hall–Kier alpha value is -2.58. The fourth-order valence-corrected chi connectivity index (χ4v) is 3.42. The zero-order valence-corrected chi connectivity index (χ0v) is 18.5. The number of ether oxygens (including phenoxy) is 2. The molecule has 1 aliphatic heterocycles. The van der Waals surface area contributed by atoms with E-state index in [0.717, 1.165) is 18.7 Å². The van der Waals surface area contributed by atoms with Gasteiger partial charge in [0, 0.05) is 7.11 Å². The van der Waals surface area contributed by atoms with Crippen LogP contribution in [0.3, 0.4) is 0 Å². The Morgan fingerprint density at radius 2 is 1.88 bits per heavy atom. The Kier molecular flexibility index (Phi) is 7.06. The minimum atomic E-state index is -4.59. The van der Waals surface area contributed by atoms with Gasteiger partial charge in [-0.2, -0.15) is 26.3 Å². The molecule has 0 saturated carbocycles. The van der Waals surface area contributed by atoms with Gasteiger partial charge in [-0.25, -0.2) is 9.78 Å². The molecule has 1 aliphatic rings. The van der Waals surface area contributed by atoms with E-state index in [4.69, 9.17) is 15.2 Å². The lowest BCUT2D eigenvalue weighted by Crippen LogP contribution is -2.43. The van der Waals surface area contributed by atoms with Crippen molar-refractivity contribution in [1.82, 2.24) is 20.2 Å². The Bertz CT molecular complexity index is 1020. The molecule has 3 rings (SSSR count). The topological polar surface area (TPSA) is 106 Å². The second-order valence-electron chi connectivity index (χ2n) is 8.49. The number of amides is 2. The summed E-state index contributed by atoms with van der Waals surface area (Å²) in [6.45, 7) is 0.666. The number of benzene rings is 1. The number of H-pyrrole nitrogens is 1. The van der Waals surface area contributed by atoms with Crippen molar-refractivity contribution in [2.75, 3.05) is 26.9 Å². The van der Waals surface area contributed by atoms with Crippen molar-refractivity contribution in [3.05, 3.63) is 29.6 Å². The summed E-state index contributed by atoms with van der Waals surface area (Å²) < 4.78 is 88.3. The number of hydrogen-bond acceptors (Lipinski definition) is 5. The van der Waals surface area contributed by atoms with Gasteiger partial charge in [0.05, 0.1) is 42.9 Å². The highest BCUT2D eigenvalue weighted by molar-refractivity contribution is 5.79. The minimum Gasteiger partial charge on any atom is -0.382 e. The van der Waals surface area contributed by atoms with Crippen molar-refractivity contribution >= 4 is 17.1 Å². The van der Waals surface area contributed by atoms with E-state index in [9.17, 15) is 31.1 Å². The van der Waals surface area contributed by atoms with Crippen LogP contribution in [0.4, 0.5) is 31.1 Å². The molecule has 190 valence electrons. The molecule has 0 bridgehead atoms. The average molecular weight is 497 g/mol. The maximum atomic E-state index is 13.1. The summed E-state index contributed by atoms with van der Waals surface area (Å²) in [5.74, 6) is 0.171. The lowest BCUT2D eigenvalue weighted by molar-refractivity contribution is -0.264. The van der Waals surface area contributed by atoms with Crippen LogP contribution in [0.25, 0.3) is 11.0 Å². The SMILES string of the molecule is COC[C@H](c1ccc2nc([C@@H](N)COC(C)(C)C(F)(F)F)[nH]c2c1)N1C[C@@H](C(F)(F)F)NC1=O. The second-order valence-corrected chi connectivity index (χ2v) is 8.49. The Balaban J connectivity index is 1.81. The fraction of sp³-hybridized carbons (Fsp3) is 0.600. The third-order valence-electron chi connectivity index (χ3n) is 5.60. The number of aromatic amines is 1. The number of nitrogens with one attached hydrogen (secondary N) is 2. The number of fused-ring (bicyclic) bond motifs is 1. The molecule has 2 heterocycles. The smallest absolute Gasteiger partial charge is 0.382 e. The van der Waals surface area contributed by atoms with Crippen LogP contribution in [-0.2, 0) is 9.47 Å². The van der Waals surface area contributed by atoms with Crippen LogP contribution in [0.15, 0.2) is 18.2 Å². The van der Waals surface area contributed by atoms with Crippen molar-refractivity contribution in [2.45, 2.75) is 49.9 Å². The number of urea groups is 1. The quantitative estimate of drug-likeness (QED) is 0.484. The van der Waals surface area contributed by atoms with E-state index in [1.54, 1.807) is 18.2 Å². The van der Waals surface area contributed by atoms with Gasteiger partial charge in [-0.15, -0.1) is 0 Å². The van der Waals surface area contributed by atoms with Crippen LogP contribution in [-0.4, -0.2) is 71.8 Å². The van der Waals surface area contributed by atoms with Crippen molar-refractivity contribution in [1.29, 1.82) is 0 Å². The predicted octanol–water partition coefficient (Wildman–Crippen LogP) is 3.56. The number of methoxy groups -OCH3 is 1. The van der Waals surface area contributed by atoms with Gasteiger partial charge < -0.3 is 30.4 Å². The molecule has 8 nitrogen and oxygen atoms in total. The number of imidazole rings is 1. The highest BCUT2D eigenvalue weighted by Crippen LogP contribution is 2.34. The maximum Gasteiger partial charge on any atom is 0.416 e. The number of carbonyl (C=O) groups is 1. The van der Waals surface area contributed by atoms with Crippen LogP contribution >= 0.6 is 0 Å². The predicted molar refractivity (Wildman–Crippen MR) is 109 cm³/mol. The lowest BCUT2D eigenvalue weighted by atomic mass is 10.1. The molecule has 0 unspecified atom stereocenters. The number of nitrogens with zero attached hydrogens (tertiary/aromatic N) is 2. The maximum absolute atomic E-state index is 13.1. The number of halogens is 6. The highest BCUT2D eigenvalue weighted by atomic mass is 19.4. The molecule has 0 aliphatic carbocycles. The first kappa shape index (κ1) is 26.0. The van der Waals surface area contributed by atoms with Gasteiger partial charge in [0.2, 0.25) is 0 Å². The molecule has 1 saturated heterocycles. The summed E-state index contributed by atoms with van der Waals surface area (Å²) in [4.78, 5) is 20.4. The van der Waals surface area contributed by atoms with Gasteiger partial charge in [0.1, 0.15) is 11.9 Å². The Morgan fingerprint density at radius 1 is 1.21 bits per heavy atom. The number of alkyl halides is 6. The van der Waals surface area contributed by atoms with E-state index >= 15 is 0 Å². The lowest BCUT2D eigenvalue weighted by Gasteiger charge is -2.28. The standard InChI is InChI=1S/C20H25F6N5O3/c1-18(2,20(24,25)26)34-8-11(27)16-28-12-5-4-10(6-13(12)29-16)14(9-33-3)31-7-15(19(21,22)23)30-17(31)32/h4-6,11,14-15H,7-9,27H2,1-3H3,(H,28,29)(H,30,32)/t11-,14+,15-/m0/s1. The van der Waals surface area contributed by atoms with Crippen molar-refractivity contribution in [2.24, 2.45) is 5.73 Å². The normalized spacial score (nSPS) is 19.5. The molecule has 0 radical (unpaired) electrons. The summed E-state index contributed by atoms with van der Waals surface area (Å²) in [6, 6.07) is 0.0380.